The lowest BCUT2D eigenvalue weighted by Crippen LogP contribution is -2.13. The maximum atomic E-state index is 11.3. The number of rotatable bonds is 3. The highest BCUT2D eigenvalue weighted by Gasteiger charge is 2.10. The van der Waals surface area contributed by atoms with Crippen molar-refractivity contribution in [3.63, 3.8) is 0 Å². The van der Waals surface area contributed by atoms with Gasteiger partial charge in [-0.3, -0.25) is 10.4 Å². The number of nitrogen functional groups attached to an aromatic ring is 1. The van der Waals surface area contributed by atoms with E-state index in [0.29, 0.717) is 11.4 Å². The zero-order valence-electron chi connectivity index (χ0n) is 9.53. The van der Waals surface area contributed by atoms with Crippen LogP contribution in [-0.4, -0.2) is 35.3 Å². The highest BCUT2D eigenvalue weighted by Crippen LogP contribution is 2.11. The topological polar surface area (TPSA) is 115 Å². The molecule has 94 valence electrons. The molecule has 0 aliphatic rings. The molecule has 2 rings (SSSR count). The molecule has 3 N–H and O–H groups in total. The molecular formula is C10H11N5O2S. The van der Waals surface area contributed by atoms with E-state index < -0.39 is 9.84 Å². The summed E-state index contributed by atoms with van der Waals surface area (Å²) in [5.41, 5.74) is 6.23. The molecule has 18 heavy (non-hydrogen) atoms. The smallest absolute Gasteiger partial charge is 0.178 e. The van der Waals surface area contributed by atoms with Gasteiger partial charge in [0.15, 0.2) is 9.84 Å². The fraction of sp³-hybridized carbons (Fsp3) is 0.100. The third kappa shape index (κ3) is 2.38. The molecule has 0 fully saturated rings. The zero-order valence-corrected chi connectivity index (χ0v) is 10.3. The van der Waals surface area contributed by atoms with Crippen LogP contribution in [0.1, 0.15) is 5.69 Å². The van der Waals surface area contributed by atoms with Crippen molar-refractivity contribution >= 4 is 15.7 Å². The second-order valence-corrected chi connectivity index (χ2v) is 5.72. The Balaban J connectivity index is 2.38. The summed E-state index contributed by atoms with van der Waals surface area (Å²) in [5.74, 6) is -0.126. The van der Waals surface area contributed by atoms with Gasteiger partial charge in [0.1, 0.15) is 16.4 Å². The Morgan fingerprint density at radius 3 is 2.56 bits per heavy atom. The van der Waals surface area contributed by atoms with E-state index in [1.807, 2.05) is 0 Å². The number of nitrogens with one attached hydrogen (secondary N) is 1. The molecule has 2 heterocycles. The highest BCUT2D eigenvalue weighted by atomic mass is 32.2. The molecule has 0 spiro atoms. The van der Waals surface area contributed by atoms with E-state index in [1.54, 1.807) is 12.1 Å². The SMILES string of the molecule is CS(=O)(=O)c1cnn(-c2ccc(C(=N)N)nc2)c1. The maximum absolute atomic E-state index is 11.3. The van der Waals surface area contributed by atoms with Gasteiger partial charge < -0.3 is 5.73 Å². The van der Waals surface area contributed by atoms with E-state index in [2.05, 4.69) is 10.1 Å². The largest absolute Gasteiger partial charge is 0.382 e. The molecule has 0 amide bonds. The first-order valence-corrected chi connectivity index (χ1v) is 6.82. The van der Waals surface area contributed by atoms with Crippen LogP contribution in [0.4, 0.5) is 0 Å². The third-order valence-corrected chi connectivity index (χ3v) is 3.34. The van der Waals surface area contributed by atoms with Gasteiger partial charge in [-0.1, -0.05) is 0 Å². The fourth-order valence-corrected chi connectivity index (χ4v) is 1.85. The molecule has 0 radical (unpaired) electrons. The van der Waals surface area contributed by atoms with Crippen molar-refractivity contribution in [2.24, 2.45) is 5.73 Å². The summed E-state index contributed by atoms with van der Waals surface area (Å²) in [7, 11) is -3.27. The number of hydrogen-bond acceptors (Lipinski definition) is 5. The Labute approximate surface area is 104 Å². The maximum Gasteiger partial charge on any atom is 0.178 e. The molecular weight excluding hydrogens is 254 g/mol. The van der Waals surface area contributed by atoms with Crippen LogP contribution in [-0.2, 0) is 9.84 Å². The van der Waals surface area contributed by atoms with Crippen molar-refractivity contribution in [3.8, 4) is 5.69 Å². The van der Waals surface area contributed by atoms with Crippen LogP contribution in [0.5, 0.6) is 0 Å². The Bertz CT molecular complexity index is 687. The zero-order chi connectivity index (χ0) is 13.3. The molecule has 2 aromatic heterocycles. The van der Waals surface area contributed by atoms with Crippen LogP contribution in [0.2, 0.25) is 0 Å². The van der Waals surface area contributed by atoms with Gasteiger partial charge in [-0.25, -0.2) is 13.1 Å². The van der Waals surface area contributed by atoms with Crippen LogP contribution in [0.3, 0.4) is 0 Å². The number of aromatic nitrogens is 3. The van der Waals surface area contributed by atoms with Crippen molar-refractivity contribution < 1.29 is 8.42 Å². The second kappa shape index (κ2) is 4.22. The van der Waals surface area contributed by atoms with Crippen LogP contribution in [0, 0.1) is 5.41 Å². The summed E-state index contributed by atoms with van der Waals surface area (Å²) in [4.78, 5) is 4.10. The van der Waals surface area contributed by atoms with Crippen LogP contribution < -0.4 is 5.73 Å². The van der Waals surface area contributed by atoms with E-state index in [4.69, 9.17) is 11.1 Å². The van der Waals surface area contributed by atoms with Crippen LogP contribution in [0.15, 0.2) is 35.6 Å². The minimum atomic E-state index is -3.27. The van der Waals surface area contributed by atoms with Crippen molar-refractivity contribution in [1.29, 1.82) is 5.41 Å². The fourth-order valence-electron chi connectivity index (χ4n) is 1.32. The summed E-state index contributed by atoms with van der Waals surface area (Å²) < 4.78 is 24.0. The predicted molar refractivity (Wildman–Crippen MR) is 65.5 cm³/mol. The minimum Gasteiger partial charge on any atom is -0.382 e. The van der Waals surface area contributed by atoms with E-state index in [9.17, 15) is 8.42 Å². The highest BCUT2D eigenvalue weighted by molar-refractivity contribution is 7.90. The number of nitrogens with two attached hydrogens (primary N) is 1. The Morgan fingerprint density at radius 2 is 2.11 bits per heavy atom. The van der Waals surface area contributed by atoms with Gasteiger partial charge in [-0.2, -0.15) is 5.10 Å². The average molecular weight is 265 g/mol. The van der Waals surface area contributed by atoms with Crippen molar-refractivity contribution in [2.75, 3.05) is 6.26 Å². The van der Waals surface area contributed by atoms with Crippen LogP contribution in [0.25, 0.3) is 5.69 Å². The molecule has 0 saturated carbocycles. The average Bonchev–Trinajstić information content (AvgIpc) is 2.78. The number of sulfone groups is 1. The number of nitrogens with zero attached hydrogens (tertiary/aromatic N) is 3. The van der Waals surface area contributed by atoms with E-state index in [-0.39, 0.29) is 10.7 Å². The van der Waals surface area contributed by atoms with Gasteiger partial charge in [-0.05, 0) is 12.1 Å². The molecule has 0 unspecified atom stereocenters. The Kier molecular flexibility index (Phi) is 2.87. The van der Waals surface area contributed by atoms with Crippen molar-refractivity contribution in [1.82, 2.24) is 14.8 Å². The Hall–Kier alpha value is -2.22. The lowest BCUT2D eigenvalue weighted by atomic mass is 10.3. The molecule has 8 heteroatoms. The first-order valence-electron chi connectivity index (χ1n) is 4.93. The molecule has 2 aromatic rings. The summed E-state index contributed by atoms with van der Waals surface area (Å²) in [6.07, 6.45) is 5.26. The lowest BCUT2D eigenvalue weighted by molar-refractivity contribution is 0.602. The first-order chi connectivity index (χ1) is 8.38. The molecule has 0 aromatic carbocycles. The van der Waals surface area contributed by atoms with Crippen LogP contribution >= 0.6 is 0 Å². The molecule has 7 nitrogen and oxygen atoms in total. The van der Waals surface area contributed by atoms with Gasteiger partial charge in [0.2, 0.25) is 0 Å². The van der Waals surface area contributed by atoms with Crippen molar-refractivity contribution in [3.05, 3.63) is 36.4 Å². The normalized spacial score (nSPS) is 11.4. The molecule has 0 aliphatic heterocycles. The number of pyridine rings is 1. The summed E-state index contributed by atoms with van der Waals surface area (Å²) >= 11 is 0. The van der Waals surface area contributed by atoms with E-state index in [0.717, 1.165) is 6.26 Å². The summed E-state index contributed by atoms with van der Waals surface area (Å²) in [6, 6.07) is 3.22. The first kappa shape index (κ1) is 12.2. The van der Waals surface area contributed by atoms with E-state index >= 15 is 0 Å². The molecule has 0 bridgehead atoms. The lowest BCUT2D eigenvalue weighted by Gasteiger charge is -2.01. The van der Waals surface area contributed by atoms with Gasteiger partial charge in [0, 0.05) is 12.5 Å². The number of amidine groups is 1. The second-order valence-electron chi connectivity index (χ2n) is 3.71. The van der Waals surface area contributed by atoms with Gasteiger partial charge >= 0.3 is 0 Å². The molecule has 0 aliphatic carbocycles. The predicted octanol–water partition coefficient (Wildman–Crippen LogP) is -0.0451. The van der Waals surface area contributed by atoms with Crippen molar-refractivity contribution in [2.45, 2.75) is 4.90 Å². The van der Waals surface area contributed by atoms with Gasteiger partial charge in [0.25, 0.3) is 0 Å². The number of hydrogen-bond donors (Lipinski definition) is 2. The van der Waals surface area contributed by atoms with Gasteiger partial charge in [0.05, 0.1) is 18.1 Å². The third-order valence-electron chi connectivity index (χ3n) is 2.28. The van der Waals surface area contributed by atoms with Gasteiger partial charge in [-0.15, -0.1) is 0 Å². The molecule has 0 atom stereocenters. The van der Waals surface area contributed by atoms with E-state index in [1.165, 1.54) is 23.3 Å². The minimum absolute atomic E-state index is 0.126. The monoisotopic (exact) mass is 265 g/mol. The standard InChI is InChI=1S/C10H11N5O2S/c1-18(16,17)8-5-14-15(6-8)7-2-3-9(10(11)12)13-4-7/h2-6H,1H3,(H3,11,12). The summed E-state index contributed by atoms with van der Waals surface area (Å²) in [6.45, 7) is 0. The quantitative estimate of drug-likeness (QED) is 0.596. The Morgan fingerprint density at radius 1 is 1.39 bits per heavy atom. The molecule has 0 saturated heterocycles. The summed E-state index contributed by atoms with van der Waals surface area (Å²) in [5, 5.41) is 11.2.